The van der Waals surface area contributed by atoms with Crippen molar-refractivity contribution in [2.75, 3.05) is 0 Å². The number of rotatable bonds is 3. The first-order valence-corrected chi connectivity index (χ1v) is 6.37. The van der Waals surface area contributed by atoms with E-state index < -0.39 is 0 Å². The Morgan fingerprint density at radius 1 is 1.06 bits per heavy atom. The summed E-state index contributed by atoms with van der Waals surface area (Å²) < 4.78 is 5.75. The van der Waals surface area contributed by atoms with Crippen molar-refractivity contribution in [3.05, 3.63) is 48.2 Å². The van der Waals surface area contributed by atoms with E-state index in [-0.39, 0.29) is 0 Å². The average molecular weight is 239 g/mol. The lowest BCUT2D eigenvalue weighted by atomic mass is 10.1. The number of nitrogens with one attached hydrogen (secondary N) is 1. The largest absolute Gasteiger partial charge is 0.463 e. The van der Waals surface area contributed by atoms with Gasteiger partial charge in [-0.2, -0.15) is 0 Å². The molecule has 92 valence electrons. The Morgan fingerprint density at radius 2 is 1.89 bits per heavy atom. The lowest BCUT2D eigenvalue weighted by Gasteiger charge is -2.06. The predicted molar refractivity (Wildman–Crippen MR) is 75.7 cm³/mol. The van der Waals surface area contributed by atoms with Gasteiger partial charge in [-0.1, -0.05) is 50.2 Å². The van der Waals surface area contributed by atoms with Crippen LogP contribution in [0.1, 0.15) is 19.4 Å². The molecule has 0 spiro atoms. The summed E-state index contributed by atoms with van der Waals surface area (Å²) in [5.74, 6) is 0. The molecule has 0 aliphatic carbocycles. The molecule has 0 bridgehead atoms. The van der Waals surface area contributed by atoms with Crippen molar-refractivity contribution in [2.24, 2.45) is 0 Å². The van der Waals surface area contributed by atoms with Gasteiger partial charge in [-0.15, -0.1) is 0 Å². The summed E-state index contributed by atoms with van der Waals surface area (Å²) >= 11 is 0. The molecule has 0 aliphatic heterocycles. The van der Waals surface area contributed by atoms with Crippen LogP contribution < -0.4 is 5.32 Å². The molecule has 2 nitrogen and oxygen atoms in total. The molecule has 0 saturated heterocycles. The monoisotopic (exact) mass is 239 g/mol. The van der Waals surface area contributed by atoms with Crippen molar-refractivity contribution < 1.29 is 4.42 Å². The molecule has 1 heterocycles. The molecule has 0 saturated carbocycles. The summed E-state index contributed by atoms with van der Waals surface area (Å²) in [6.07, 6.45) is 1.87. The third-order valence-electron chi connectivity index (χ3n) is 3.25. The van der Waals surface area contributed by atoms with Gasteiger partial charge in [-0.3, -0.25) is 0 Å². The highest BCUT2D eigenvalue weighted by atomic mass is 16.3. The van der Waals surface area contributed by atoms with Gasteiger partial charge >= 0.3 is 0 Å². The molecule has 0 amide bonds. The zero-order valence-electron chi connectivity index (χ0n) is 10.7. The highest BCUT2D eigenvalue weighted by molar-refractivity contribution is 6.05. The van der Waals surface area contributed by atoms with E-state index in [1.54, 1.807) is 0 Å². The summed E-state index contributed by atoms with van der Waals surface area (Å²) in [5.41, 5.74) is 2.22. The van der Waals surface area contributed by atoms with Crippen LogP contribution in [0.5, 0.6) is 0 Å². The van der Waals surface area contributed by atoms with Crippen LogP contribution in [0.25, 0.3) is 21.7 Å². The second kappa shape index (κ2) is 4.46. The number of hydrogen-bond acceptors (Lipinski definition) is 2. The topological polar surface area (TPSA) is 25.2 Å². The van der Waals surface area contributed by atoms with Crippen LogP contribution in [0.4, 0.5) is 0 Å². The Hall–Kier alpha value is -1.80. The van der Waals surface area contributed by atoms with E-state index >= 15 is 0 Å². The van der Waals surface area contributed by atoms with Gasteiger partial charge in [0.1, 0.15) is 5.58 Å². The molecule has 2 aromatic carbocycles. The third-order valence-corrected chi connectivity index (χ3v) is 3.25. The van der Waals surface area contributed by atoms with Crippen molar-refractivity contribution in [2.45, 2.75) is 26.4 Å². The zero-order valence-corrected chi connectivity index (χ0v) is 10.7. The molecular formula is C16H17NO. The van der Waals surface area contributed by atoms with Crippen LogP contribution in [-0.2, 0) is 6.54 Å². The molecule has 0 fully saturated rings. The standard InChI is InChI=1S/C16H17NO/c1-11(2)17-9-13-10-18-16-14-6-4-3-5-12(14)7-8-15(13)16/h3-8,10-11,17H,9H2,1-2H3. The fraction of sp³-hybridized carbons (Fsp3) is 0.250. The van der Waals surface area contributed by atoms with Gasteiger partial charge in [0.25, 0.3) is 0 Å². The molecule has 18 heavy (non-hydrogen) atoms. The van der Waals surface area contributed by atoms with E-state index in [1.165, 1.54) is 21.7 Å². The van der Waals surface area contributed by atoms with E-state index in [9.17, 15) is 0 Å². The number of fused-ring (bicyclic) bond motifs is 3. The lowest BCUT2D eigenvalue weighted by molar-refractivity contribution is 0.573. The zero-order chi connectivity index (χ0) is 12.5. The molecule has 1 aromatic heterocycles. The molecule has 3 aromatic rings. The van der Waals surface area contributed by atoms with Gasteiger partial charge in [0.2, 0.25) is 0 Å². The van der Waals surface area contributed by atoms with E-state index in [0.717, 1.165) is 12.1 Å². The fourth-order valence-corrected chi connectivity index (χ4v) is 2.27. The molecule has 0 unspecified atom stereocenters. The van der Waals surface area contributed by atoms with Gasteiger partial charge in [0.15, 0.2) is 0 Å². The molecule has 3 rings (SSSR count). The lowest BCUT2D eigenvalue weighted by Crippen LogP contribution is -2.21. The summed E-state index contributed by atoms with van der Waals surface area (Å²) in [4.78, 5) is 0. The Morgan fingerprint density at radius 3 is 2.72 bits per heavy atom. The Labute approximate surface area is 107 Å². The summed E-state index contributed by atoms with van der Waals surface area (Å²) in [6, 6.07) is 13.1. The predicted octanol–water partition coefficient (Wildman–Crippen LogP) is 4.08. The number of hydrogen-bond donors (Lipinski definition) is 1. The number of furan rings is 1. The summed E-state index contributed by atoms with van der Waals surface area (Å²) in [7, 11) is 0. The maximum atomic E-state index is 5.75. The average Bonchev–Trinajstić information content (AvgIpc) is 2.80. The minimum Gasteiger partial charge on any atom is -0.463 e. The smallest absolute Gasteiger partial charge is 0.142 e. The first-order chi connectivity index (χ1) is 8.75. The molecule has 0 aliphatic rings. The van der Waals surface area contributed by atoms with Gasteiger partial charge in [-0.25, -0.2) is 0 Å². The summed E-state index contributed by atoms with van der Waals surface area (Å²) in [6.45, 7) is 5.15. The molecular weight excluding hydrogens is 222 g/mol. The van der Waals surface area contributed by atoms with Crippen LogP contribution >= 0.6 is 0 Å². The van der Waals surface area contributed by atoms with Gasteiger partial charge in [0, 0.05) is 28.9 Å². The minimum absolute atomic E-state index is 0.482. The molecule has 2 heteroatoms. The van der Waals surface area contributed by atoms with Crippen LogP contribution in [0, 0.1) is 0 Å². The Bertz CT molecular complexity index is 682. The normalized spacial score (nSPS) is 11.7. The Kier molecular flexibility index (Phi) is 2.80. The van der Waals surface area contributed by atoms with E-state index in [4.69, 9.17) is 4.42 Å². The maximum Gasteiger partial charge on any atom is 0.142 e. The van der Waals surface area contributed by atoms with Crippen molar-refractivity contribution in [3.8, 4) is 0 Å². The van der Waals surface area contributed by atoms with E-state index in [2.05, 4.69) is 55.6 Å². The van der Waals surface area contributed by atoms with Crippen LogP contribution in [0.15, 0.2) is 47.1 Å². The minimum atomic E-state index is 0.482. The second-order valence-electron chi connectivity index (χ2n) is 4.96. The van der Waals surface area contributed by atoms with Gasteiger partial charge < -0.3 is 9.73 Å². The van der Waals surface area contributed by atoms with Gasteiger partial charge in [0.05, 0.1) is 6.26 Å². The first kappa shape index (κ1) is 11.3. The van der Waals surface area contributed by atoms with E-state index in [1.807, 2.05) is 6.26 Å². The maximum absolute atomic E-state index is 5.75. The Balaban J connectivity index is 2.11. The van der Waals surface area contributed by atoms with E-state index in [0.29, 0.717) is 6.04 Å². The second-order valence-corrected chi connectivity index (χ2v) is 4.96. The van der Waals surface area contributed by atoms with Crippen LogP contribution in [-0.4, -0.2) is 6.04 Å². The number of benzene rings is 2. The van der Waals surface area contributed by atoms with Crippen LogP contribution in [0.2, 0.25) is 0 Å². The molecule has 0 radical (unpaired) electrons. The van der Waals surface area contributed by atoms with Crippen molar-refractivity contribution in [1.82, 2.24) is 5.32 Å². The quantitative estimate of drug-likeness (QED) is 0.745. The van der Waals surface area contributed by atoms with Crippen LogP contribution in [0.3, 0.4) is 0 Å². The fourth-order valence-electron chi connectivity index (χ4n) is 2.27. The van der Waals surface area contributed by atoms with Crippen molar-refractivity contribution in [1.29, 1.82) is 0 Å². The highest BCUT2D eigenvalue weighted by Crippen LogP contribution is 2.29. The SMILES string of the molecule is CC(C)NCc1coc2c1ccc1ccccc12. The highest BCUT2D eigenvalue weighted by Gasteiger charge is 2.08. The third kappa shape index (κ3) is 1.89. The first-order valence-electron chi connectivity index (χ1n) is 6.37. The molecule has 0 atom stereocenters. The molecule has 1 N–H and O–H groups in total. The van der Waals surface area contributed by atoms with Crippen molar-refractivity contribution >= 4 is 21.7 Å². The van der Waals surface area contributed by atoms with Crippen molar-refractivity contribution in [3.63, 3.8) is 0 Å². The van der Waals surface area contributed by atoms with Gasteiger partial charge in [-0.05, 0) is 5.39 Å². The summed E-state index contributed by atoms with van der Waals surface area (Å²) in [5, 5.41) is 7.05.